The maximum Gasteiger partial charge on any atom is 0.254 e. The van der Waals surface area contributed by atoms with Gasteiger partial charge in [0.1, 0.15) is 23.6 Å². The van der Waals surface area contributed by atoms with Gasteiger partial charge in [0.15, 0.2) is 0 Å². The largest absolute Gasteiger partial charge is 0.497 e. The lowest BCUT2D eigenvalue weighted by Gasteiger charge is -2.41. The van der Waals surface area contributed by atoms with Crippen molar-refractivity contribution < 1.29 is 9.47 Å². The predicted octanol–water partition coefficient (Wildman–Crippen LogP) is 2.77. The molecule has 0 atom stereocenters. The van der Waals surface area contributed by atoms with E-state index in [-0.39, 0.29) is 0 Å². The van der Waals surface area contributed by atoms with E-state index >= 15 is 0 Å². The Morgan fingerprint density at radius 3 is 2.48 bits per heavy atom. The van der Waals surface area contributed by atoms with Gasteiger partial charge in [-0.05, 0) is 36.5 Å². The number of nitrogens with zero attached hydrogens (tertiary/aromatic N) is 5. The molecule has 2 aromatic heterocycles. The molecule has 1 saturated heterocycles. The van der Waals surface area contributed by atoms with Crippen LogP contribution in [-0.4, -0.2) is 46.9 Å². The molecular formula is C20H25N5O2. The lowest BCUT2D eigenvalue weighted by Crippen LogP contribution is -2.48. The van der Waals surface area contributed by atoms with Crippen LogP contribution in [0.5, 0.6) is 11.5 Å². The van der Waals surface area contributed by atoms with E-state index in [0.29, 0.717) is 11.7 Å². The highest BCUT2D eigenvalue weighted by Gasteiger charge is 2.29. The van der Waals surface area contributed by atoms with Gasteiger partial charge in [-0.15, -0.1) is 0 Å². The van der Waals surface area contributed by atoms with Crippen molar-refractivity contribution in [1.82, 2.24) is 19.6 Å². The standard InChI is InChI=1S/C20H25N5O2/c1-4-5-16-9-19(25-20(23-16)21-13-22-25)24-11-15(12-24)6-14-7-17(26-2)10-18(8-14)27-3/h7-10,13,15H,4-6,11-12H2,1-3H3. The Bertz CT molecular complexity index is 911. The van der Waals surface area contributed by atoms with Crippen molar-refractivity contribution in [3.05, 3.63) is 41.9 Å². The summed E-state index contributed by atoms with van der Waals surface area (Å²) in [5.41, 5.74) is 2.32. The van der Waals surface area contributed by atoms with E-state index in [1.165, 1.54) is 5.56 Å². The van der Waals surface area contributed by atoms with Gasteiger partial charge in [0.05, 0.1) is 14.2 Å². The van der Waals surface area contributed by atoms with Crippen LogP contribution in [0.15, 0.2) is 30.6 Å². The number of hydrogen-bond acceptors (Lipinski definition) is 6. The molecule has 0 bridgehead atoms. The van der Waals surface area contributed by atoms with Crippen molar-refractivity contribution in [2.24, 2.45) is 5.92 Å². The second kappa shape index (κ2) is 7.42. The number of benzene rings is 1. The van der Waals surface area contributed by atoms with E-state index < -0.39 is 0 Å². The van der Waals surface area contributed by atoms with Gasteiger partial charge in [-0.1, -0.05) is 13.3 Å². The van der Waals surface area contributed by atoms with Crippen LogP contribution in [0.3, 0.4) is 0 Å². The molecule has 142 valence electrons. The summed E-state index contributed by atoms with van der Waals surface area (Å²) >= 11 is 0. The third-order valence-electron chi connectivity index (χ3n) is 5.01. The van der Waals surface area contributed by atoms with Crippen LogP contribution in [0.1, 0.15) is 24.6 Å². The third kappa shape index (κ3) is 3.54. The minimum atomic E-state index is 0.586. The van der Waals surface area contributed by atoms with E-state index in [9.17, 15) is 0 Å². The first-order valence-corrected chi connectivity index (χ1v) is 9.36. The molecule has 0 spiro atoms. The van der Waals surface area contributed by atoms with E-state index in [0.717, 1.165) is 55.4 Å². The molecule has 27 heavy (non-hydrogen) atoms. The molecule has 1 aromatic carbocycles. The summed E-state index contributed by atoms with van der Waals surface area (Å²) in [7, 11) is 3.37. The molecule has 3 aromatic rings. The molecule has 0 aliphatic carbocycles. The number of ether oxygens (including phenoxy) is 2. The maximum atomic E-state index is 5.38. The quantitative estimate of drug-likeness (QED) is 0.640. The van der Waals surface area contributed by atoms with Gasteiger partial charge < -0.3 is 14.4 Å². The number of aromatic nitrogens is 4. The number of rotatable bonds is 7. The summed E-state index contributed by atoms with van der Waals surface area (Å²) < 4.78 is 12.6. The van der Waals surface area contributed by atoms with E-state index in [2.05, 4.69) is 45.1 Å². The summed E-state index contributed by atoms with van der Waals surface area (Å²) in [6.45, 7) is 4.14. The second-order valence-electron chi connectivity index (χ2n) is 7.02. The summed E-state index contributed by atoms with van der Waals surface area (Å²) in [5.74, 6) is 4.02. The van der Waals surface area contributed by atoms with Gasteiger partial charge in [-0.25, -0.2) is 4.98 Å². The van der Waals surface area contributed by atoms with Crippen LogP contribution < -0.4 is 14.4 Å². The molecule has 7 nitrogen and oxygen atoms in total. The fourth-order valence-corrected chi connectivity index (χ4v) is 3.66. The Balaban J connectivity index is 1.48. The van der Waals surface area contributed by atoms with Crippen molar-refractivity contribution in [2.75, 3.05) is 32.2 Å². The van der Waals surface area contributed by atoms with Crippen molar-refractivity contribution in [3.8, 4) is 11.5 Å². The van der Waals surface area contributed by atoms with Crippen LogP contribution in [0.2, 0.25) is 0 Å². The molecule has 0 saturated carbocycles. The molecule has 0 radical (unpaired) electrons. The topological polar surface area (TPSA) is 64.8 Å². The summed E-state index contributed by atoms with van der Waals surface area (Å²) in [4.78, 5) is 11.2. The SMILES string of the molecule is CCCc1cc(N2CC(Cc3cc(OC)cc(OC)c3)C2)n2ncnc2n1. The Kier molecular flexibility index (Phi) is 4.83. The Morgan fingerprint density at radius 1 is 1.07 bits per heavy atom. The molecule has 0 amide bonds. The molecule has 3 heterocycles. The Morgan fingerprint density at radius 2 is 1.81 bits per heavy atom. The summed E-state index contributed by atoms with van der Waals surface area (Å²) in [6.07, 6.45) is 4.59. The Labute approximate surface area is 158 Å². The lowest BCUT2D eigenvalue weighted by atomic mass is 9.92. The molecule has 7 heteroatoms. The molecule has 0 N–H and O–H groups in total. The molecule has 1 aliphatic heterocycles. The van der Waals surface area contributed by atoms with Gasteiger partial charge in [-0.3, -0.25) is 0 Å². The van der Waals surface area contributed by atoms with Crippen LogP contribution >= 0.6 is 0 Å². The number of methoxy groups -OCH3 is 2. The number of fused-ring (bicyclic) bond motifs is 1. The summed E-state index contributed by atoms with van der Waals surface area (Å²) in [6, 6.07) is 8.24. The smallest absolute Gasteiger partial charge is 0.254 e. The van der Waals surface area contributed by atoms with Gasteiger partial charge in [0, 0.05) is 30.9 Å². The first-order valence-electron chi connectivity index (χ1n) is 9.36. The van der Waals surface area contributed by atoms with Crippen LogP contribution in [-0.2, 0) is 12.8 Å². The lowest BCUT2D eigenvalue weighted by molar-refractivity contribution is 0.385. The minimum Gasteiger partial charge on any atom is -0.497 e. The fraction of sp³-hybridized carbons (Fsp3) is 0.450. The molecule has 1 aliphatic rings. The highest BCUT2D eigenvalue weighted by atomic mass is 16.5. The van der Waals surface area contributed by atoms with E-state index in [1.807, 2.05) is 10.6 Å². The van der Waals surface area contributed by atoms with Crippen molar-refractivity contribution in [1.29, 1.82) is 0 Å². The zero-order valence-corrected chi connectivity index (χ0v) is 16.1. The maximum absolute atomic E-state index is 5.38. The second-order valence-corrected chi connectivity index (χ2v) is 7.02. The van der Waals surface area contributed by atoms with Crippen molar-refractivity contribution >= 4 is 11.6 Å². The van der Waals surface area contributed by atoms with Gasteiger partial charge in [0.25, 0.3) is 5.78 Å². The Hall–Kier alpha value is -2.83. The molecule has 4 rings (SSSR count). The first-order chi connectivity index (χ1) is 13.2. The molecule has 1 fully saturated rings. The number of anilines is 1. The zero-order valence-electron chi connectivity index (χ0n) is 16.1. The monoisotopic (exact) mass is 367 g/mol. The van der Waals surface area contributed by atoms with Gasteiger partial charge >= 0.3 is 0 Å². The molecule has 0 unspecified atom stereocenters. The van der Waals surface area contributed by atoms with Gasteiger partial charge in [0.2, 0.25) is 0 Å². The van der Waals surface area contributed by atoms with Crippen molar-refractivity contribution in [3.63, 3.8) is 0 Å². The highest BCUT2D eigenvalue weighted by molar-refractivity contribution is 5.49. The number of aryl methyl sites for hydroxylation is 1. The van der Waals surface area contributed by atoms with Gasteiger partial charge in [-0.2, -0.15) is 14.6 Å². The zero-order chi connectivity index (χ0) is 18.8. The van der Waals surface area contributed by atoms with Crippen molar-refractivity contribution in [2.45, 2.75) is 26.2 Å². The van der Waals surface area contributed by atoms with E-state index in [4.69, 9.17) is 9.47 Å². The molecular weight excluding hydrogens is 342 g/mol. The predicted molar refractivity (Wildman–Crippen MR) is 104 cm³/mol. The summed E-state index contributed by atoms with van der Waals surface area (Å²) in [5, 5.41) is 4.35. The first kappa shape index (κ1) is 17.6. The fourth-order valence-electron chi connectivity index (χ4n) is 3.66. The number of hydrogen-bond donors (Lipinski definition) is 0. The van der Waals surface area contributed by atoms with Crippen LogP contribution in [0, 0.1) is 5.92 Å². The van der Waals surface area contributed by atoms with Crippen LogP contribution in [0.25, 0.3) is 5.78 Å². The highest BCUT2D eigenvalue weighted by Crippen LogP contribution is 2.30. The van der Waals surface area contributed by atoms with E-state index in [1.54, 1.807) is 20.5 Å². The normalized spacial score (nSPS) is 14.4. The minimum absolute atomic E-state index is 0.586. The average Bonchev–Trinajstić information content (AvgIpc) is 3.12. The van der Waals surface area contributed by atoms with Crippen LogP contribution in [0.4, 0.5) is 5.82 Å². The third-order valence-corrected chi connectivity index (χ3v) is 5.01. The average molecular weight is 367 g/mol.